The molecule has 0 saturated heterocycles. The SMILES string of the molecule is CCC(C)C(N)C(=O)Nc1cccc(F)c1C. The van der Waals surface area contributed by atoms with Gasteiger partial charge in [-0.1, -0.05) is 26.3 Å². The molecule has 0 aliphatic heterocycles. The van der Waals surface area contributed by atoms with Crippen molar-refractivity contribution in [2.75, 3.05) is 5.32 Å². The highest BCUT2D eigenvalue weighted by Crippen LogP contribution is 2.18. The summed E-state index contributed by atoms with van der Waals surface area (Å²) in [5.74, 6) is -0.503. The molecule has 0 fully saturated rings. The monoisotopic (exact) mass is 238 g/mol. The van der Waals surface area contributed by atoms with Crippen LogP contribution in [0.15, 0.2) is 18.2 Å². The summed E-state index contributed by atoms with van der Waals surface area (Å²) in [4.78, 5) is 11.8. The van der Waals surface area contributed by atoms with Gasteiger partial charge < -0.3 is 11.1 Å². The number of amides is 1. The molecule has 0 heterocycles. The van der Waals surface area contributed by atoms with Crippen molar-refractivity contribution in [2.24, 2.45) is 11.7 Å². The highest BCUT2D eigenvalue weighted by molar-refractivity contribution is 5.95. The molecule has 2 unspecified atom stereocenters. The van der Waals surface area contributed by atoms with Gasteiger partial charge >= 0.3 is 0 Å². The number of nitrogens with one attached hydrogen (secondary N) is 1. The molecule has 1 aromatic carbocycles. The second-order valence-corrected chi connectivity index (χ2v) is 4.31. The van der Waals surface area contributed by atoms with Crippen LogP contribution >= 0.6 is 0 Å². The van der Waals surface area contributed by atoms with Gasteiger partial charge in [-0.25, -0.2) is 4.39 Å². The summed E-state index contributed by atoms with van der Waals surface area (Å²) in [6, 6.07) is 4.02. The maximum atomic E-state index is 13.3. The van der Waals surface area contributed by atoms with E-state index in [-0.39, 0.29) is 17.6 Å². The largest absolute Gasteiger partial charge is 0.324 e. The second-order valence-electron chi connectivity index (χ2n) is 4.31. The second kappa shape index (κ2) is 5.77. The Hall–Kier alpha value is -1.42. The van der Waals surface area contributed by atoms with Crippen LogP contribution < -0.4 is 11.1 Å². The van der Waals surface area contributed by atoms with Crippen LogP contribution in [0.4, 0.5) is 10.1 Å². The molecule has 1 amide bonds. The Kier molecular flexibility index (Phi) is 4.63. The number of anilines is 1. The third kappa shape index (κ3) is 3.27. The van der Waals surface area contributed by atoms with Crippen molar-refractivity contribution in [1.29, 1.82) is 0 Å². The Morgan fingerprint density at radius 1 is 1.53 bits per heavy atom. The van der Waals surface area contributed by atoms with Crippen LogP contribution in [0, 0.1) is 18.7 Å². The first kappa shape index (κ1) is 13.6. The zero-order valence-electron chi connectivity index (χ0n) is 10.5. The number of benzene rings is 1. The fourth-order valence-corrected chi connectivity index (χ4v) is 1.47. The van der Waals surface area contributed by atoms with Crippen molar-refractivity contribution in [2.45, 2.75) is 33.2 Å². The molecule has 1 aromatic rings. The van der Waals surface area contributed by atoms with Gasteiger partial charge in [0.25, 0.3) is 0 Å². The third-order valence-corrected chi connectivity index (χ3v) is 3.09. The lowest BCUT2D eigenvalue weighted by molar-refractivity contribution is -0.118. The predicted octanol–water partition coefficient (Wildman–Crippen LogP) is 2.45. The van der Waals surface area contributed by atoms with Gasteiger partial charge in [0.15, 0.2) is 0 Å². The summed E-state index contributed by atoms with van der Waals surface area (Å²) in [5, 5.41) is 2.66. The molecule has 3 nitrogen and oxygen atoms in total. The number of carbonyl (C=O) groups is 1. The van der Waals surface area contributed by atoms with Crippen LogP contribution in [-0.2, 0) is 4.79 Å². The summed E-state index contributed by atoms with van der Waals surface area (Å²) < 4.78 is 13.3. The van der Waals surface area contributed by atoms with E-state index in [2.05, 4.69) is 5.32 Å². The van der Waals surface area contributed by atoms with Gasteiger partial charge in [0.05, 0.1) is 6.04 Å². The fraction of sp³-hybridized carbons (Fsp3) is 0.462. The zero-order chi connectivity index (χ0) is 13.0. The van der Waals surface area contributed by atoms with Gasteiger partial charge in [0.2, 0.25) is 5.91 Å². The lowest BCUT2D eigenvalue weighted by Gasteiger charge is -2.18. The molecular weight excluding hydrogens is 219 g/mol. The average Bonchev–Trinajstić information content (AvgIpc) is 2.32. The molecule has 0 aromatic heterocycles. The van der Waals surface area contributed by atoms with Crippen molar-refractivity contribution < 1.29 is 9.18 Å². The van der Waals surface area contributed by atoms with Gasteiger partial charge in [-0.05, 0) is 25.0 Å². The Morgan fingerprint density at radius 3 is 2.76 bits per heavy atom. The van der Waals surface area contributed by atoms with Crippen molar-refractivity contribution in [3.8, 4) is 0 Å². The van der Waals surface area contributed by atoms with Gasteiger partial charge in [0, 0.05) is 11.3 Å². The van der Waals surface area contributed by atoms with E-state index in [1.165, 1.54) is 6.07 Å². The zero-order valence-corrected chi connectivity index (χ0v) is 10.5. The van der Waals surface area contributed by atoms with Gasteiger partial charge in [-0.2, -0.15) is 0 Å². The normalized spacial score (nSPS) is 14.2. The van der Waals surface area contributed by atoms with Crippen LogP contribution in [0.1, 0.15) is 25.8 Å². The first-order valence-corrected chi connectivity index (χ1v) is 5.79. The molecular formula is C13H19FN2O. The smallest absolute Gasteiger partial charge is 0.241 e. The summed E-state index contributed by atoms with van der Waals surface area (Å²) in [7, 11) is 0. The minimum Gasteiger partial charge on any atom is -0.324 e. The minimum absolute atomic E-state index is 0.101. The molecule has 0 spiro atoms. The number of hydrogen-bond donors (Lipinski definition) is 2. The Balaban J connectivity index is 2.78. The molecule has 4 heteroatoms. The van der Waals surface area contributed by atoms with E-state index >= 15 is 0 Å². The van der Waals surface area contributed by atoms with E-state index in [1.807, 2.05) is 13.8 Å². The number of carbonyl (C=O) groups excluding carboxylic acids is 1. The quantitative estimate of drug-likeness (QED) is 0.846. The Bertz CT molecular complexity index is 406. The summed E-state index contributed by atoms with van der Waals surface area (Å²) in [6.45, 7) is 5.52. The molecule has 3 N–H and O–H groups in total. The third-order valence-electron chi connectivity index (χ3n) is 3.09. The minimum atomic E-state index is -0.567. The first-order valence-electron chi connectivity index (χ1n) is 5.79. The number of hydrogen-bond acceptors (Lipinski definition) is 2. The van der Waals surface area contributed by atoms with Crippen molar-refractivity contribution in [1.82, 2.24) is 0 Å². The van der Waals surface area contributed by atoms with Gasteiger partial charge in [0.1, 0.15) is 5.82 Å². The summed E-state index contributed by atoms with van der Waals surface area (Å²) in [5.41, 5.74) is 6.71. The first-order chi connectivity index (χ1) is 7.97. The molecule has 0 saturated carbocycles. The van der Waals surface area contributed by atoms with E-state index in [0.717, 1.165) is 6.42 Å². The molecule has 0 aliphatic rings. The maximum absolute atomic E-state index is 13.3. The van der Waals surface area contributed by atoms with Crippen molar-refractivity contribution in [3.63, 3.8) is 0 Å². The van der Waals surface area contributed by atoms with E-state index in [0.29, 0.717) is 11.3 Å². The topological polar surface area (TPSA) is 55.1 Å². The van der Waals surface area contributed by atoms with Crippen LogP contribution in [0.5, 0.6) is 0 Å². The highest BCUT2D eigenvalue weighted by Gasteiger charge is 2.20. The predicted molar refractivity (Wildman–Crippen MR) is 67.2 cm³/mol. The summed E-state index contributed by atoms with van der Waals surface area (Å²) in [6.07, 6.45) is 0.830. The molecule has 0 bridgehead atoms. The Morgan fingerprint density at radius 2 is 2.18 bits per heavy atom. The highest BCUT2D eigenvalue weighted by atomic mass is 19.1. The molecule has 17 heavy (non-hydrogen) atoms. The average molecular weight is 238 g/mol. The molecule has 0 radical (unpaired) electrons. The molecule has 94 valence electrons. The molecule has 2 atom stereocenters. The van der Waals surface area contributed by atoms with Crippen LogP contribution in [0.2, 0.25) is 0 Å². The van der Waals surface area contributed by atoms with Crippen molar-refractivity contribution in [3.05, 3.63) is 29.6 Å². The maximum Gasteiger partial charge on any atom is 0.241 e. The van der Waals surface area contributed by atoms with Crippen LogP contribution in [0.3, 0.4) is 0 Å². The lowest BCUT2D eigenvalue weighted by Crippen LogP contribution is -2.40. The van der Waals surface area contributed by atoms with Crippen LogP contribution in [-0.4, -0.2) is 11.9 Å². The lowest BCUT2D eigenvalue weighted by atomic mass is 9.99. The number of nitrogens with two attached hydrogens (primary N) is 1. The van der Waals surface area contributed by atoms with E-state index in [9.17, 15) is 9.18 Å². The fourth-order valence-electron chi connectivity index (χ4n) is 1.47. The Labute approximate surface area is 101 Å². The van der Waals surface area contributed by atoms with Crippen LogP contribution in [0.25, 0.3) is 0 Å². The number of rotatable bonds is 4. The molecule has 0 aliphatic carbocycles. The van der Waals surface area contributed by atoms with Gasteiger partial charge in [-0.3, -0.25) is 4.79 Å². The standard InChI is InChI=1S/C13H19FN2O/c1-4-8(2)12(15)13(17)16-11-7-5-6-10(14)9(11)3/h5-8,12H,4,15H2,1-3H3,(H,16,17). The van der Waals surface area contributed by atoms with Gasteiger partial charge in [-0.15, -0.1) is 0 Å². The van der Waals surface area contributed by atoms with E-state index < -0.39 is 6.04 Å². The molecule has 1 rings (SSSR count). The summed E-state index contributed by atoms with van der Waals surface area (Å²) >= 11 is 0. The van der Waals surface area contributed by atoms with E-state index in [1.54, 1.807) is 19.1 Å². The number of halogens is 1. The van der Waals surface area contributed by atoms with Crippen molar-refractivity contribution >= 4 is 11.6 Å². The van der Waals surface area contributed by atoms with E-state index in [4.69, 9.17) is 5.73 Å².